The van der Waals surface area contributed by atoms with Crippen molar-refractivity contribution in [2.75, 3.05) is 18.5 Å². The van der Waals surface area contributed by atoms with Crippen molar-refractivity contribution in [2.45, 2.75) is 90.9 Å². The van der Waals surface area contributed by atoms with Crippen molar-refractivity contribution in [3.8, 4) is 28.7 Å². The number of hydrogen-bond acceptors (Lipinski definition) is 9. The van der Waals surface area contributed by atoms with Crippen LogP contribution in [0.3, 0.4) is 0 Å². The number of amides is 1. The standard InChI is InChI=1S/C50H55NO9/c1-3-5-7-9-11-13-34-56-42-26-30-44(31-27-42)58-48(53)38-20-18-37(19-21-38)47(52)51-41-16-15-17-46(36-41)60-50(55)40-24-22-39(23-25-40)49(54)59-45-32-28-43(29-33-45)57-35-14-12-10-8-6-4-2/h15-33,36H,3-14,34-35H2,1-2H3,(H,51,52). The first kappa shape index (κ1) is 44.7. The molecule has 0 aliphatic heterocycles. The SMILES string of the molecule is CCCCCCCCOc1ccc(OC(=O)c2ccc(C(=O)Nc3cccc(OC(=O)c4ccc(C(=O)Oc5ccc(OCCCCCCCC)cc5)cc4)c3)cc2)cc1. The topological polar surface area (TPSA) is 126 Å². The molecular weight excluding hydrogens is 759 g/mol. The maximum Gasteiger partial charge on any atom is 0.343 e. The molecule has 60 heavy (non-hydrogen) atoms. The molecule has 0 heterocycles. The summed E-state index contributed by atoms with van der Waals surface area (Å²) in [5.74, 6) is 0.196. The van der Waals surface area contributed by atoms with Gasteiger partial charge in [-0.3, -0.25) is 4.79 Å². The summed E-state index contributed by atoms with van der Waals surface area (Å²) in [5, 5.41) is 2.78. The quantitative estimate of drug-likeness (QED) is 0.0368. The van der Waals surface area contributed by atoms with Crippen LogP contribution in [0.15, 0.2) is 121 Å². The molecule has 0 aliphatic carbocycles. The van der Waals surface area contributed by atoms with Crippen LogP contribution < -0.4 is 29.0 Å². The Balaban J connectivity index is 1.04. The molecular formula is C50H55NO9. The summed E-state index contributed by atoms with van der Waals surface area (Å²) in [7, 11) is 0. The van der Waals surface area contributed by atoms with Gasteiger partial charge in [0.15, 0.2) is 0 Å². The van der Waals surface area contributed by atoms with Crippen LogP contribution in [0, 0.1) is 0 Å². The van der Waals surface area contributed by atoms with E-state index < -0.39 is 23.8 Å². The molecule has 5 aromatic rings. The van der Waals surface area contributed by atoms with Crippen LogP contribution in [0.2, 0.25) is 0 Å². The summed E-state index contributed by atoms with van der Waals surface area (Å²) in [4.78, 5) is 51.5. The van der Waals surface area contributed by atoms with Gasteiger partial charge in [0.2, 0.25) is 0 Å². The number of hydrogen-bond donors (Lipinski definition) is 1. The molecule has 0 radical (unpaired) electrons. The summed E-state index contributed by atoms with van der Waals surface area (Å²) in [6.45, 7) is 5.70. The van der Waals surface area contributed by atoms with E-state index in [0.29, 0.717) is 41.7 Å². The van der Waals surface area contributed by atoms with Gasteiger partial charge in [-0.1, -0.05) is 84.1 Å². The van der Waals surface area contributed by atoms with Crippen LogP contribution in [-0.4, -0.2) is 37.0 Å². The highest BCUT2D eigenvalue weighted by molar-refractivity contribution is 6.05. The van der Waals surface area contributed by atoms with Crippen molar-refractivity contribution in [2.24, 2.45) is 0 Å². The third kappa shape index (κ3) is 15.1. The number of carbonyl (C=O) groups is 4. The third-order valence-electron chi connectivity index (χ3n) is 9.64. The number of nitrogens with one attached hydrogen (secondary N) is 1. The second-order valence-corrected chi connectivity index (χ2v) is 14.5. The third-order valence-corrected chi connectivity index (χ3v) is 9.64. The molecule has 0 saturated heterocycles. The van der Waals surface area contributed by atoms with Gasteiger partial charge >= 0.3 is 17.9 Å². The van der Waals surface area contributed by atoms with Crippen molar-refractivity contribution in [3.63, 3.8) is 0 Å². The first-order valence-corrected chi connectivity index (χ1v) is 21.0. The molecule has 5 rings (SSSR count). The number of rotatable bonds is 24. The number of unbranched alkanes of at least 4 members (excludes halogenated alkanes) is 10. The van der Waals surface area contributed by atoms with Crippen molar-refractivity contribution in [3.05, 3.63) is 144 Å². The average molecular weight is 814 g/mol. The summed E-state index contributed by atoms with van der Waals surface area (Å²) < 4.78 is 28.2. The Morgan fingerprint density at radius 3 is 1.20 bits per heavy atom. The van der Waals surface area contributed by atoms with Crippen LogP contribution in [0.25, 0.3) is 0 Å². The zero-order valence-corrected chi connectivity index (χ0v) is 34.6. The van der Waals surface area contributed by atoms with Gasteiger partial charge in [-0.2, -0.15) is 0 Å². The van der Waals surface area contributed by atoms with E-state index in [4.69, 9.17) is 23.7 Å². The van der Waals surface area contributed by atoms with Gasteiger partial charge in [0.1, 0.15) is 28.7 Å². The van der Waals surface area contributed by atoms with E-state index in [0.717, 1.165) is 31.4 Å². The molecule has 10 nitrogen and oxygen atoms in total. The van der Waals surface area contributed by atoms with Crippen molar-refractivity contribution in [1.29, 1.82) is 0 Å². The van der Waals surface area contributed by atoms with E-state index in [1.165, 1.54) is 106 Å². The molecule has 0 atom stereocenters. The van der Waals surface area contributed by atoms with E-state index >= 15 is 0 Å². The first-order valence-electron chi connectivity index (χ1n) is 21.0. The second kappa shape index (κ2) is 24.5. The van der Waals surface area contributed by atoms with E-state index in [2.05, 4.69) is 19.2 Å². The maximum atomic E-state index is 13.0. The molecule has 1 N–H and O–H groups in total. The van der Waals surface area contributed by atoms with Crippen LogP contribution in [0.5, 0.6) is 28.7 Å². The van der Waals surface area contributed by atoms with Crippen LogP contribution >= 0.6 is 0 Å². The van der Waals surface area contributed by atoms with Gasteiger partial charge in [-0.25, -0.2) is 14.4 Å². The smallest absolute Gasteiger partial charge is 0.343 e. The second-order valence-electron chi connectivity index (χ2n) is 14.5. The minimum atomic E-state index is -0.648. The van der Waals surface area contributed by atoms with Crippen LogP contribution in [0.4, 0.5) is 5.69 Å². The van der Waals surface area contributed by atoms with Gasteiger partial charge in [0.05, 0.1) is 29.9 Å². The number of benzene rings is 5. The van der Waals surface area contributed by atoms with Crippen molar-refractivity contribution in [1.82, 2.24) is 0 Å². The van der Waals surface area contributed by atoms with Gasteiger partial charge < -0.3 is 29.0 Å². The monoisotopic (exact) mass is 813 g/mol. The highest BCUT2D eigenvalue weighted by atomic mass is 16.5. The Labute approximate surface area is 353 Å². The molecule has 0 aliphatic rings. The Bertz CT molecular complexity index is 1950. The fourth-order valence-electron chi connectivity index (χ4n) is 6.19. The first-order chi connectivity index (χ1) is 29.3. The lowest BCUT2D eigenvalue weighted by Crippen LogP contribution is -2.14. The Hall–Kier alpha value is -6.42. The van der Waals surface area contributed by atoms with Crippen LogP contribution in [-0.2, 0) is 0 Å². The summed E-state index contributed by atoms with van der Waals surface area (Å²) in [5.41, 5.74) is 1.46. The van der Waals surface area contributed by atoms with E-state index in [9.17, 15) is 19.2 Å². The summed E-state index contributed by atoms with van der Waals surface area (Å²) in [6.07, 6.45) is 14.3. The summed E-state index contributed by atoms with van der Waals surface area (Å²) in [6, 6.07) is 32.2. The van der Waals surface area contributed by atoms with Gasteiger partial charge in [-0.05, 0) is 122 Å². The molecule has 0 unspecified atom stereocenters. The number of carbonyl (C=O) groups excluding carboxylic acids is 4. The van der Waals surface area contributed by atoms with Gasteiger partial charge in [0, 0.05) is 17.3 Å². The number of ether oxygens (including phenoxy) is 5. The minimum absolute atomic E-state index is 0.205. The van der Waals surface area contributed by atoms with E-state index in [-0.39, 0.29) is 22.4 Å². The minimum Gasteiger partial charge on any atom is -0.494 e. The number of esters is 3. The molecule has 0 bridgehead atoms. The largest absolute Gasteiger partial charge is 0.494 e. The Morgan fingerprint density at radius 1 is 0.400 bits per heavy atom. The highest BCUT2D eigenvalue weighted by Gasteiger charge is 2.15. The van der Waals surface area contributed by atoms with Crippen LogP contribution in [0.1, 0.15) is 132 Å². The molecule has 10 heteroatoms. The maximum absolute atomic E-state index is 13.0. The molecule has 0 fully saturated rings. The zero-order chi connectivity index (χ0) is 42.4. The van der Waals surface area contributed by atoms with E-state index in [1.54, 1.807) is 66.7 Å². The fourth-order valence-corrected chi connectivity index (χ4v) is 6.19. The Kier molecular flexibility index (Phi) is 18.2. The lowest BCUT2D eigenvalue weighted by Gasteiger charge is -2.10. The lowest BCUT2D eigenvalue weighted by atomic mass is 10.1. The Morgan fingerprint density at radius 2 is 0.767 bits per heavy atom. The van der Waals surface area contributed by atoms with Crippen molar-refractivity contribution >= 4 is 29.5 Å². The van der Waals surface area contributed by atoms with E-state index in [1.807, 2.05) is 0 Å². The summed E-state index contributed by atoms with van der Waals surface area (Å²) >= 11 is 0. The molecule has 1 amide bonds. The molecule has 5 aromatic carbocycles. The highest BCUT2D eigenvalue weighted by Crippen LogP contribution is 2.23. The predicted octanol–water partition coefficient (Wildman–Crippen LogP) is 12.1. The normalized spacial score (nSPS) is 10.7. The molecule has 0 spiro atoms. The average Bonchev–Trinajstić information content (AvgIpc) is 3.27. The lowest BCUT2D eigenvalue weighted by molar-refractivity contribution is 0.0720. The molecule has 0 aromatic heterocycles. The molecule has 314 valence electrons. The fraction of sp³-hybridized carbons (Fsp3) is 0.320. The van der Waals surface area contributed by atoms with Crippen molar-refractivity contribution < 1.29 is 42.9 Å². The molecule has 0 saturated carbocycles. The zero-order valence-electron chi connectivity index (χ0n) is 34.6. The van der Waals surface area contributed by atoms with Gasteiger partial charge in [0.25, 0.3) is 5.91 Å². The van der Waals surface area contributed by atoms with Gasteiger partial charge in [-0.15, -0.1) is 0 Å². The number of anilines is 1. The predicted molar refractivity (Wildman–Crippen MR) is 233 cm³/mol.